The second kappa shape index (κ2) is 8.48. The van der Waals surface area contributed by atoms with Gasteiger partial charge in [-0.1, -0.05) is 24.3 Å². The summed E-state index contributed by atoms with van der Waals surface area (Å²) < 4.78 is 5.07. The van der Waals surface area contributed by atoms with E-state index in [2.05, 4.69) is 36.9 Å². The van der Waals surface area contributed by atoms with Gasteiger partial charge in [-0.05, 0) is 25.0 Å². The Labute approximate surface area is 119 Å². The van der Waals surface area contributed by atoms with Gasteiger partial charge in [0.2, 0.25) is 0 Å². The second-order valence-electron chi connectivity index (χ2n) is 4.32. The second-order valence-corrected chi connectivity index (χ2v) is 5.74. The summed E-state index contributed by atoms with van der Waals surface area (Å²) in [5.41, 5.74) is 2.51. The molecule has 1 aromatic rings. The quantitative estimate of drug-likeness (QED) is 0.470. The number of hydrogen-bond donors (Lipinski definition) is 1. The Morgan fingerprint density at radius 2 is 1.89 bits per heavy atom. The summed E-state index contributed by atoms with van der Waals surface area (Å²) in [4.78, 5) is 11.3. The molecule has 2 nitrogen and oxygen atoms in total. The van der Waals surface area contributed by atoms with E-state index in [-0.39, 0.29) is 12.1 Å². The molecule has 0 N–H and O–H groups in total. The molecule has 0 unspecified atom stereocenters. The molecule has 0 atom stereocenters. The van der Waals surface area contributed by atoms with Crippen LogP contribution in [0.2, 0.25) is 0 Å². The van der Waals surface area contributed by atoms with E-state index in [9.17, 15) is 4.79 Å². The van der Waals surface area contributed by atoms with Gasteiger partial charge >= 0.3 is 5.97 Å². The minimum atomic E-state index is -0.108. The van der Waals surface area contributed by atoms with Gasteiger partial charge < -0.3 is 4.74 Å². The van der Waals surface area contributed by atoms with Crippen LogP contribution in [0.3, 0.4) is 0 Å². The molecule has 0 aliphatic rings. The fourth-order valence-corrected chi connectivity index (χ4v) is 2.50. The molecule has 0 spiro atoms. The molecular formula is C14H20O2S2. The predicted molar refractivity (Wildman–Crippen MR) is 81.1 cm³/mol. The van der Waals surface area contributed by atoms with Gasteiger partial charge in [0, 0.05) is 17.3 Å². The fraction of sp³-hybridized carbons (Fsp3) is 0.500. The van der Waals surface area contributed by atoms with Gasteiger partial charge in [0.1, 0.15) is 0 Å². The Balaban J connectivity index is 2.19. The molecule has 0 fully saturated rings. The Morgan fingerprint density at radius 1 is 1.28 bits per heavy atom. The lowest BCUT2D eigenvalue weighted by Crippen LogP contribution is -2.11. The van der Waals surface area contributed by atoms with Gasteiger partial charge in [-0.15, -0.1) is 0 Å². The summed E-state index contributed by atoms with van der Waals surface area (Å²) in [7, 11) is 0. The lowest BCUT2D eigenvalue weighted by molar-refractivity contribution is -0.146. The number of esters is 1. The Morgan fingerprint density at radius 3 is 2.44 bits per heavy atom. The standard InChI is InChI=1S/C14H20O2S2/c1-11(2)16-14(15)7-8-18-10-13-5-3-12(9-17)4-6-13/h3-6,11,17H,7-10H2,1-2H3. The van der Waals surface area contributed by atoms with E-state index in [1.54, 1.807) is 11.8 Å². The summed E-state index contributed by atoms with van der Waals surface area (Å²) in [6.45, 7) is 3.74. The van der Waals surface area contributed by atoms with Crippen LogP contribution < -0.4 is 0 Å². The molecule has 0 radical (unpaired) electrons. The molecule has 0 aliphatic carbocycles. The molecule has 0 heterocycles. The first kappa shape index (κ1) is 15.4. The lowest BCUT2D eigenvalue weighted by atomic mass is 10.2. The number of ether oxygens (including phenoxy) is 1. The van der Waals surface area contributed by atoms with Gasteiger partial charge in [0.25, 0.3) is 0 Å². The highest BCUT2D eigenvalue weighted by atomic mass is 32.2. The third kappa shape index (κ3) is 6.36. The SMILES string of the molecule is CC(C)OC(=O)CCSCc1ccc(CS)cc1. The van der Waals surface area contributed by atoms with E-state index in [4.69, 9.17) is 4.74 Å². The van der Waals surface area contributed by atoms with Crippen molar-refractivity contribution in [2.75, 3.05) is 5.75 Å². The van der Waals surface area contributed by atoms with Gasteiger partial charge in [-0.2, -0.15) is 24.4 Å². The molecule has 4 heteroatoms. The molecule has 0 saturated carbocycles. The molecule has 0 aromatic heterocycles. The van der Waals surface area contributed by atoms with Crippen LogP contribution in [0.15, 0.2) is 24.3 Å². The predicted octanol–water partition coefficient (Wildman–Crippen LogP) is 3.69. The summed E-state index contributed by atoms with van der Waals surface area (Å²) >= 11 is 5.98. The van der Waals surface area contributed by atoms with Gasteiger partial charge in [-0.3, -0.25) is 4.79 Å². The zero-order chi connectivity index (χ0) is 13.4. The lowest BCUT2D eigenvalue weighted by Gasteiger charge is -2.07. The smallest absolute Gasteiger partial charge is 0.306 e. The molecule has 0 amide bonds. The number of carbonyl (C=O) groups is 1. The topological polar surface area (TPSA) is 26.3 Å². The number of benzene rings is 1. The van der Waals surface area contributed by atoms with E-state index in [1.807, 2.05) is 13.8 Å². The third-order valence-electron chi connectivity index (χ3n) is 2.29. The summed E-state index contributed by atoms with van der Waals surface area (Å²) in [6, 6.07) is 8.42. The molecule has 1 aromatic carbocycles. The number of hydrogen-bond acceptors (Lipinski definition) is 4. The van der Waals surface area contributed by atoms with E-state index < -0.39 is 0 Å². The molecule has 18 heavy (non-hydrogen) atoms. The number of thioether (sulfide) groups is 1. The molecule has 0 bridgehead atoms. The van der Waals surface area contributed by atoms with Crippen molar-refractivity contribution in [3.05, 3.63) is 35.4 Å². The molecule has 0 aliphatic heterocycles. The monoisotopic (exact) mass is 284 g/mol. The van der Waals surface area contributed by atoms with E-state index >= 15 is 0 Å². The summed E-state index contributed by atoms with van der Waals surface area (Å²) in [5.74, 6) is 2.40. The molecule has 100 valence electrons. The van der Waals surface area contributed by atoms with Crippen molar-refractivity contribution in [1.82, 2.24) is 0 Å². The first-order valence-corrected chi connectivity index (χ1v) is 7.86. The van der Waals surface area contributed by atoms with Crippen molar-refractivity contribution in [1.29, 1.82) is 0 Å². The highest BCUT2D eigenvalue weighted by Crippen LogP contribution is 2.15. The largest absolute Gasteiger partial charge is 0.463 e. The van der Waals surface area contributed by atoms with Gasteiger partial charge in [0.05, 0.1) is 12.5 Å². The van der Waals surface area contributed by atoms with Crippen molar-refractivity contribution in [3.8, 4) is 0 Å². The van der Waals surface area contributed by atoms with Crippen LogP contribution in [-0.4, -0.2) is 17.8 Å². The van der Waals surface area contributed by atoms with Gasteiger partial charge in [0.15, 0.2) is 0 Å². The maximum Gasteiger partial charge on any atom is 0.306 e. The van der Waals surface area contributed by atoms with E-state index in [1.165, 1.54) is 11.1 Å². The first-order valence-electron chi connectivity index (χ1n) is 6.07. The van der Waals surface area contributed by atoms with Crippen LogP contribution in [0.5, 0.6) is 0 Å². The van der Waals surface area contributed by atoms with Crippen LogP contribution >= 0.6 is 24.4 Å². The van der Waals surface area contributed by atoms with E-state index in [0.717, 1.165) is 17.3 Å². The summed E-state index contributed by atoms with van der Waals surface area (Å²) in [5, 5.41) is 0. The summed E-state index contributed by atoms with van der Waals surface area (Å²) in [6.07, 6.45) is 0.466. The van der Waals surface area contributed by atoms with Crippen molar-refractivity contribution in [2.24, 2.45) is 0 Å². The van der Waals surface area contributed by atoms with Crippen LogP contribution in [0, 0.1) is 0 Å². The van der Waals surface area contributed by atoms with E-state index in [0.29, 0.717) is 6.42 Å². The third-order valence-corrected chi connectivity index (χ3v) is 3.69. The number of rotatable bonds is 7. The highest BCUT2D eigenvalue weighted by molar-refractivity contribution is 7.98. The van der Waals surface area contributed by atoms with Crippen LogP contribution in [-0.2, 0) is 21.0 Å². The maximum absolute atomic E-state index is 11.3. The Kier molecular flexibility index (Phi) is 7.28. The highest BCUT2D eigenvalue weighted by Gasteiger charge is 2.04. The molecular weight excluding hydrogens is 264 g/mol. The average molecular weight is 284 g/mol. The Hall–Kier alpha value is -0.610. The number of carbonyl (C=O) groups excluding carboxylic acids is 1. The van der Waals surface area contributed by atoms with Crippen molar-refractivity contribution in [3.63, 3.8) is 0 Å². The van der Waals surface area contributed by atoms with Crippen molar-refractivity contribution in [2.45, 2.75) is 37.9 Å². The van der Waals surface area contributed by atoms with Gasteiger partial charge in [-0.25, -0.2) is 0 Å². The minimum absolute atomic E-state index is 0.0173. The zero-order valence-corrected chi connectivity index (χ0v) is 12.6. The maximum atomic E-state index is 11.3. The van der Waals surface area contributed by atoms with Crippen LogP contribution in [0.25, 0.3) is 0 Å². The zero-order valence-electron chi connectivity index (χ0n) is 10.9. The van der Waals surface area contributed by atoms with Crippen molar-refractivity contribution < 1.29 is 9.53 Å². The van der Waals surface area contributed by atoms with Crippen molar-refractivity contribution >= 4 is 30.4 Å². The average Bonchev–Trinajstić information content (AvgIpc) is 2.34. The Bertz CT molecular complexity index is 361. The van der Waals surface area contributed by atoms with Crippen LogP contribution in [0.4, 0.5) is 0 Å². The molecule has 1 rings (SSSR count). The fourth-order valence-electron chi connectivity index (χ4n) is 1.41. The van der Waals surface area contributed by atoms with Crippen LogP contribution in [0.1, 0.15) is 31.4 Å². The first-order chi connectivity index (χ1) is 8.61. The molecule has 0 saturated heterocycles. The normalized spacial score (nSPS) is 10.7. The number of thiol groups is 1. The minimum Gasteiger partial charge on any atom is -0.463 e.